The van der Waals surface area contributed by atoms with Crippen molar-refractivity contribution >= 4 is 11.8 Å². The largest absolute Gasteiger partial charge is 0.380 e. The minimum absolute atomic E-state index is 0.0637. The topological polar surface area (TPSA) is 47.3 Å². The van der Waals surface area contributed by atoms with Crippen LogP contribution in [0.3, 0.4) is 0 Å². The first-order chi connectivity index (χ1) is 8.75. The van der Waals surface area contributed by atoms with Crippen LogP contribution in [-0.4, -0.2) is 32.6 Å². The SMILES string of the molecule is CCSc1ccc(C(NC)C2(CN)COC2)cc1. The Morgan fingerprint density at radius 3 is 2.44 bits per heavy atom. The summed E-state index contributed by atoms with van der Waals surface area (Å²) in [5.41, 5.74) is 7.30. The Balaban J connectivity index is 2.17. The number of nitrogens with two attached hydrogens (primary N) is 1. The molecule has 1 aromatic carbocycles. The molecule has 0 aliphatic carbocycles. The van der Waals surface area contributed by atoms with Gasteiger partial charge in [-0.3, -0.25) is 0 Å². The fourth-order valence-corrected chi connectivity index (χ4v) is 3.18. The second-order valence-electron chi connectivity index (χ2n) is 4.78. The van der Waals surface area contributed by atoms with Crippen LogP contribution >= 0.6 is 11.8 Å². The molecule has 0 amide bonds. The van der Waals surface area contributed by atoms with E-state index >= 15 is 0 Å². The zero-order chi connectivity index (χ0) is 13.0. The smallest absolute Gasteiger partial charge is 0.0575 e. The van der Waals surface area contributed by atoms with E-state index in [0.717, 1.165) is 19.0 Å². The van der Waals surface area contributed by atoms with Crippen molar-refractivity contribution < 1.29 is 4.74 Å². The summed E-state index contributed by atoms with van der Waals surface area (Å²) < 4.78 is 5.37. The van der Waals surface area contributed by atoms with Gasteiger partial charge >= 0.3 is 0 Å². The molecule has 3 N–H and O–H groups in total. The summed E-state index contributed by atoms with van der Waals surface area (Å²) in [6, 6.07) is 9.07. The normalized spacial score (nSPS) is 19.3. The summed E-state index contributed by atoms with van der Waals surface area (Å²) in [5.74, 6) is 1.11. The highest BCUT2D eigenvalue weighted by atomic mass is 32.2. The zero-order valence-corrected chi connectivity index (χ0v) is 11.9. The molecule has 0 saturated carbocycles. The standard InChI is InChI=1S/C14H22N2OS/c1-3-18-12-6-4-11(5-7-12)13(16-2)14(8-15)9-17-10-14/h4-7,13,16H,3,8-10,15H2,1-2H3. The van der Waals surface area contributed by atoms with Crippen LogP contribution in [0.1, 0.15) is 18.5 Å². The van der Waals surface area contributed by atoms with Crippen molar-refractivity contribution in [2.75, 3.05) is 32.6 Å². The molecule has 0 radical (unpaired) electrons. The molecular weight excluding hydrogens is 244 g/mol. The quantitative estimate of drug-likeness (QED) is 0.774. The average Bonchev–Trinajstić information content (AvgIpc) is 2.35. The number of hydrogen-bond acceptors (Lipinski definition) is 4. The average molecular weight is 266 g/mol. The van der Waals surface area contributed by atoms with Gasteiger partial charge < -0.3 is 15.8 Å². The predicted molar refractivity (Wildman–Crippen MR) is 76.9 cm³/mol. The lowest BCUT2D eigenvalue weighted by atomic mass is 9.75. The number of rotatable bonds is 6. The van der Waals surface area contributed by atoms with Crippen LogP contribution in [-0.2, 0) is 4.74 Å². The molecule has 100 valence electrons. The van der Waals surface area contributed by atoms with E-state index in [2.05, 4.69) is 36.5 Å². The molecular formula is C14H22N2OS. The van der Waals surface area contributed by atoms with Crippen LogP contribution in [0.5, 0.6) is 0 Å². The first-order valence-electron chi connectivity index (χ1n) is 6.43. The number of nitrogens with one attached hydrogen (secondary N) is 1. The minimum atomic E-state index is 0.0637. The Hall–Kier alpha value is -0.550. The number of benzene rings is 1. The molecule has 1 fully saturated rings. The Morgan fingerprint density at radius 2 is 2.06 bits per heavy atom. The van der Waals surface area contributed by atoms with Crippen LogP contribution < -0.4 is 11.1 Å². The molecule has 1 aromatic rings. The third-order valence-electron chi connectivity index (χ3n) is 3.61. The third-order valence-corrected chi connectivity index (χ3v) is 4.51. The van der Waals surface area contributed by atoms with E-state index in [0.29, 0.717) is 6.54 Å². The first kappa shape index (κ1) is 13.9. The summed E-state index contributed by atoms with van der Waals surface area (Å²) in [6.45, 7) is 4.33. The molecule has 1 aliphatic rings. The molecule has 1 saturated heterocycles. The lowest BCUT2D eigenvalue weighted by molar-refractivity contribution is -0.126. The summed E-state index contributed by atoms with van der Waals surface area (Å²) in [4.78, 5) is 1.32. The lowest BCUT2D eigenvalue weighted by Crippen LogP contribution is -2.55. The maximum atomic E-state index is 5.94. The van der Waals surface area contributed by atoms with Gasteiger partial charge in [-0.05, 0) is 30.5 Å². The van der Waals surface area contributed by atoms with Crippen LogP contribution in [0.25, 0.3) is 0 Å². The van der Waals surface area contributed by atoms with E-state index in [1.807, 2.05) is 18.8 Å². The van der Waals surface area contributed by atoms with Gasteiger partial charge in [0, 0.05) is 22.9 Å². The zero-order valence-electron chi connectivity index (χ0n) is 11.1. The van der Waals surface area contributed by atoms with Crippen molar-refractivity contribution in [2.45, 2.75) is 17.9 Å². The van der Waals surface area contributed by atoms with Gasteiger partial charge in [0.1, 0.15) is 0 Å². The molecule has 3 nitrogen and oxygen atoms in total. The molecule has 0 spiro atoms. The van der Waals surface area contributed by atoms with Crippen molar-refractivity contribution in [1.82, 2.24) is 5.32 Å². The highest BCUT2D eigenvalue weighted by Gasteiger charge is 2.44. The number of ether oxygens (including phenoxy) is 1. The van der Waals surface area contributed by atoms with Gasteiger partial charge in [-0.25, -0.2) is 0 Å². The van der Waals surface area contributed by atoms with E-state index in [4.69, 9.17) is 10.5 Å². The van der Waals surface area contributed by atoms with E-state index in [-0.39, 0.29) is 11.5 Å². The monoisotopic (exact) mass is 266 g/mol. The molecule has 2 rings (SSSR count). The van der Waals surface area contributed by atoms with E-state index in [9.17, 15) is 0 Å². The van der Waals surface area contributed by atoms with Gasteiger partial charge in [0.25, 0.3) is 0 Å². The Labute approximate surface area is 113 Å². The maximum absolute atomic E-state index is 5.94. The minimum Gasteiger partial charge on any atom is -0.380 e. The molecule has 0 aromatic heterocycles. The van der Waals surface area contributed by atoms with Crippen LogP contribution in [0, 0.1) is 5.41 Å². The molecule has 0 bridgehead atoms. The van der Waals surface area contributed by atoms with Crippen molar-refractivity contribution in [3.8, 4) is 0 Å². The van der Waals surface area contributed by atoms with Crippen molar-refractivity contribution in [2.24, 2.45) is 11.1 Å². The molecule has 1 unspecified atom stereocenters. The summed E-state index contributed by atoms with van der Waals surface area (Å²) >= 11 is 1.87. The van der Waals surface area contributed by atoms with Gasteiger partial charge in [0.2, 0.25) is 0 Å². The molecule has 1 heterocycles. The van der Waals surface area contributed by atoms with Gasteiger partial charge in [-0.15, -0.1) is 11.8 Å². The van der Waals surface area contributed by atoms with Gasteiger partial charge in [-0.2, -0.15) is 0 Å². The number of thioether (sulfide) groups is 1. The van der Waals surface area contributed by atoms with Crippen LogP contribution in [0.15, 0.2) is 29.2 Å². The van der Waals surface area contributed by atoms with Crippen molar-refractivity contribution in [1.29, 1.82) is 0 Å². The molecule has 1 atom stereocenters. The summed E-state index contributed by atoms with van der Waals surface area (Å²) in [5, 5.41) is 3.40. The van der Waals surface area contributed by atoms with Crippen molar-refractivity contribution in [3.63, 3.8) is 0 Å². The van der Waals surface area contributed by atoms with Gasteiger partial charge in [0.15, 0.2) is 0 Å². The third kappa shape index (κ3) is 2.57. The van der Waals surface area contributed by atoms with Crippen LogP contribution in [0.4, 0.5) is 0 Å². The Morgan fingerprint density at radius 1 is 1.39 bits per heavy atom. The van der Waals surface area contributed by atoms with E-state index < -0.39 is 0 Å². The van der Waals surface area contributed by atoms with Crippen molar-refractivity contribution in [3.05, 3.63) is 29.8 Å². The fraction of sp³-hybridized carbons (Fsp3) is 0.571. The maximum Gasteiger partial charge on any atom is 0.0575 e. The lowest BCUT2D eigenvalue weighted by Gasteiger charge is -2.46. The molecule has 4 heteroatoms. The van der Waals surface area contributed by atoms with Crippen LogP contribution in [0.2, 0.25) is 0 Å². The number of hydrogen-bond donors (Lipinski definition) is 2. The Kier molecular flexibility index (Phi) is 4.67. The predicted octanol–water partition coefficient (Wildman–Crippen LogP) is 2.03. The second-order valence-corrected chi connectivity index (χ2v) is 6.12. The first-order valence-corrected chi connectivity index (χ1v) is 7.42. The summed E-state index contributed by atoms with van der Waals surface area (Å²) in [6.07, 6.45) is 0. The Bertz CT molecular complexity index is 370. The molecule has 1 aliphatic heterocycles. The fourth-order valence-electron chi connectivity index (χ4n) is 2.52. The molecule has 18 heavy (non-hydrogen) atoms. The van der Waals surface area contributed by atoms with E-state index in [1.54, 1.807) is 0 Å². The highest BCUT2D eigenvalue weighted by molar-refractivity contribution is 7.99. The highest BCUT2D eigenvalue weighted by Crippen LogP contribution is 2.39. The van der Waals surface area contributed by atoms with E-state index in [1.165, 1.54) is 10.5 Å². The summed E-state index contributed by atoms with van der Waals surface area (Å²) in [7, 11) is 2.00. The second kappa shape index (κ2) is 6.06. The van der Waals surface area contributed by atoms with Gasteiger partial charge in [0.05, 0.1) is 13.2 Å². The van der Waals surface area contributed by atoms with Gasteiger partial charge in [-0.1, -0.05) is 19.1 Å².